The van der Waals surface area contributed by atoms with E-state index in [1.807, 2.05) is 6.07 Å². The van der Waals surface area contributed by atoms with Crippen molar-refractivity contribution in [2.24, 2.45) is 0 Å². The van der Waals surface area contributed by atoms with E-state index in [0.717, 1.165) is 4.47 Å². The minimum Gasteiger partial charge on any atom is -0.345 e. The summed E-state index contributed by atoms with van der Waals surface area (Å²) in [7, 11) is -3.33. The lowest BCUT2D eigenvalue weighted by molar-refractivity contribution is 0.0933. The van der Waals surface area contributed by atoms with Gasteiger partial charge in [0.15, 0.2) is 9.84 Å². The molecule has 0 aromatic heterocycles. The van der Waals surface area contributed by atoms with Crippen LogP contribution in [0.3, 0.4) is 0 Å². The molecule has 0 bridgehead atoms. The van der Waals surface area contributed by atoms with Crippen molar-refractivity contribution in [3.8, 4) is 0 Å². The topological polar surface area (TPSA) is 92.3 Å². The molecule has 0 fully saturated rings. The van der Waals surface area contributed by atoms with Gasteiger partial charge in [0.2, 0.25) is 0 Å². The molecule has 1 unspecified atom stereocenters. The van der Waals surface area contributed by atoms with Gasteiger partial charge in [0.25, 0.3) is 11.8 Å². The van der Waals surface area contributed by atoms with Crippen molar-refractivity contribution in [1.82, 2.24) is 5.32 Å². The Hall–Kier alpha value is -2.97. The lowest BCUT2D eigenvalue weighted by atomic mass is 10.0. The molecule has 1 atom stereocenters. The van der Waals surface area contributed by atoms with Gasteiger partial charge in [-0.15, -0.1) is 0 Å². The summed E-state index contributed by atoms with van der Waals surface area (Å²) in [5.41, 5.74) is 1.95. The van der Waals surface area contributed by atoms with Crippen molar-refractivity contribution in [2.75, 3.05) is 11.1 Å². The summed E-state index contributed by atoms with van der Waals surface area (Å²) in [5, 5.41) is 5.72. The first-order chi connectivity index (χ1) is 14.8. The second kappa shape index (κ2) is 8.64. The standard InChI is InChI=1S/C23H19BrN2O4S/c24-17-7-3-5-15(13-17)22(27)25-18-8-4-6-16(14-18)23(28)26-20-11-12-31(29,30)21-10-2-1-9-19(20)21/h1-10,13-14,20H,11-12H2,(H,25,27)(H,26,28). The van der Waals surface area contributed by atoms with Crippen LogP contribution in [0.5, 0.6) is 0 Å². The molecule has 0 radical (unpaired) electrons. The van der Waals surface area contributed by atoms with Crippen molar-refractivity contribution in [3.05, 3.63) is 94.0 Å². The van der Waals surface area contributed by atoms with Gasteiger partial charge in [0.05, 0.1) is 16.7 Å². The summed E-state index contributed by atoms with van der Waals surface area (Å²) < 4.78 is 25.4. The minimum absolute atomic E-state index is 0.0162. The second-order valence-electron chi connectivity index (χ2n) is 7.22. The summed E-state index contributed by atoms with van der Waals surface area (Å²) in [6.07, 6.45) is 0.310. The molecule has 3 aromatic rings. The summed E-state index contributed by atoms with van der Waals surface area (Å²) in [6.45, 7) is 0. The zero-order chi connectivity index (χ0) is 22.0. The lowest BCUT2D eigenvalue weighted by Crippen LogP contribution is -2.33. The van der Waals surface area contributed by atoms with E-state index in [0.29, 0.717) is 28.8 Å². The molecule has 1 aliphatic heterocycles. The average molecular weight is 499 g/mol. The zero-order valence-electron chi connectivity index (χ0n) is 16.3. The Bertz CT molecular complexity index is 1270. The van der Waals surface area contributed by atoms with E-state index in [9.17, 15) is 18.0 Å². The van der Waals surface area contributed by atoms with Gasteiger partial charge >= 0.3 is 0 Å². The normalized spacial score (nSPS) is 16.7. The maximum absolute atomic E-state index is 12.9. The molecule has 0 saturated carbocycles. The fourth-order valence-electron chi connectivity index (χ4n) is 3.55. The third-order valence-electron chi connectivity index (χ3n) is 5.08. The number of sulfone groups is 1. The Morgan fingerprint density at radius 2 is 1.58 bits per heavy atom. The summed E-state index contributed by atoms with van der Waals surface area (Å²) in [6, 6.07) is 20.0. The quantitative estimate of drug-likeness (QED) is 0.559. The number of hydrogen-bond acceptors (Lipinski definition) is 4. The van der Waals surface area contributed by atoms with Gasteiger partial charge in [-0.25, -0.2) is 8.42 Å². The van der Waals surface area contributed by atoms with Gasteiger partial charge in [-0.3, -0.25) is 9.59 Å². The number of hydrogen-bond donors (Lipinski definition) is 2. The molecule has 31 heavy (non-hydrogen) atoms. The van der Waals surface area contributed by atoms with Crippen LogP contribution in [0.4, 0.5) is 5.69 Å². The summed E-state index contributed by atoms with van der Waals surface area (Å²) in [5.74, 6) is -0.638. The number of halogens is 1. The molecule has 2 N–H and O–H groups in total. The van der Waals surface area contributed by atoms with Crippen molar-refractivity contribution < 1.29 is 18.0 Å². The van der Waals surface area contributed by atoms with Crippen molar-refractivity contribution in [3.63, 3.8) is 0 Å². The third-order valence-corrected chi connectivity index (χ3v) is 7.39. The van der Waals surface area contributed by atoms with Crippen LogP contribution in [0.25, 0.3) is 0 Å². The third kappa shape index (κ3) is 4.70. The Labute approximate surface area is 188 Å². The SMILES string of the molecule is O=C(Nc1cccc(C(=O)NC2CCS(=O)(=O)c3ccccc32)c1)c1cccc(Br)c1. The minimum atomic E-state index is -3.33. The number of rotatable bonds is 4. The van der Waals surface area contributed by atoms with Crippen LogP contribution in [-0.4, -0.2) is 26.0 Å². The predicted octanol–water partition coefficient (Wildman–Crippen LogP) is 4.35. The van der Waals surface area contributed by atoms with E-state index < -0.39 is 15.9 Å². The van der Waals surface area contributed by atoms with Crippen LogP contribution in [0.2, 0.25) is 0 Å². The average Bonchev–Trinajstić information content (AvgIpc) is 2.76. The van der Waals surface area contributed by atoms with Gasteiger partial charge in [-0.1, -0.05) is 46.3 Å². The van der Waals surface area contributed by atoms with Crippen LogP contribution >= 0.6 is 15.9 Å². The van der Waals surface area contributed by atoms with Crippen LogP contribution in [0.15, 0.2) is 82.2 Å². The molecular formula is C23H19BrN2O4S. The first-order valence-electron chi connectivity index (χ1n) is 9.63. The lowest BCUT2D eigenvalue weighted by Gasteiger charge is -2.26. The zero-order valence-corrected chi connectivity index (χ0v) is 18.7. The molecular weight excluding hydrogens is 480 g/mol. The molecule has 4 rings (SSSR count). The summed E-state index contributed by atoms with van der Waals surface area (Å²) in [4.78, 5) is 25.6. The molecule has 1 heterocycles. The number of anilines is 1. The molecule has 3 aromatic carbocycles. The number of carbonyl (C=O) groups excluding carboxylic acids is 2. The molecule has 6 nitrogen and oxygen atoms in total. The second-order valence-corrected chi connectivity index (χ2v) is 10.2. The van der Waals surface area contributed by atoms with Crippen LogP contribution in [-0.2, 0) is 9.84 Å². The number of fused-ring (bicyclic) bond motifs is 1. The Kier molecular flexibility index (Phi) is 5.93. The Morgan fingerprint density at radius 3 is 2.35 bits per heavy atom. The van der Waals surface area contributed by atoms with Crippen LogP contribution in [0.1, 0.15) is 38.7 Å². The van der Waals surface area contributed by atoms with Crippen molar-refractivity contribution in [2.45, 2.75) is 17.4 Å². The maximum Gasteiger partial charge on any atom is 0.255 e. The smallest absolute Gasteiger partial charge is 0.255 e. The van der Waals surface area contributed by atoms with Crippen LogP contribution in [0, 0.1) is 0 Å². The highest BCUT2D eigenvalue weighted by Gasteiger charge is 2.30. The molecule has 0 saturated heterocycles. The number of amides is 2. The molecule has 8 heteroatoms. The first kappa shape index (κ1) is 21.3. The Balaban J connectivity index is 1.51. The molecule has 2 amide bonds. The molecule has 158 valence electrons. The highest BCUT2D eigenvalue weighted by atomic mass is 79.9. The number of carbonyl (C=O) groups is 2. The monoisotopic (exact) mass is 498 g/mol. The van der Waals surface area contributed by atoms with E-state index >= 15 is 0 Å². The van der Waals surface area contributed by atoms with Crippen LogP contribution < -0.4 is 10.6 Å². The maximum atomic E-state index is 12.9. The van der Waals surface area contributed by atoms with Gasteiger partial charge in [0, 0.05) is 21.3 Å². The number of nitrogens with one attached hydrogen (secondary N) is 2. The number of benzene rings is 3. The largest absolute Gasteiger partial charge is 0.345 e. The van der Waals surface area contributed by atoms with Gasteiger partial charge < -0.3 is 10.6 Å². The van der Waals surface area contributed by atoms with Crippen molar-refractivity contribution >= 4 is 43.3 Å². The van der Waals surface area contributed by atoms with E-state index in [1.165, 1.54) is 0 Å². The van der Waals surface area contributed by atoms with Gasteiger partial charge in [0.1, 0.15) is 0 Å². The highest BCUT2D eigenvalue weighted by molar-refractivity contribution is 9.10. The first-order valence-corrected chi connectivity index (χ1v) is 12.1. The van der Waals surface area contributed by atoms with E-state index in [1.54, 1.807) is 66.7 Å². The molecule has 1 aliphatic rings. The summed E-state index contributed by atoms with van der Waals surface area (Å²) >= 11 is 3.34. The fraction of sp³-hybridized carbons (Fsp3) is 0.130. The van der Waals surface area contributed by atoms with E-state index in [4.69, 9.17) is 0 Å². The Morgan fingerprint density at radius 1 is 0.871 bits per heavy atom. The fourth-order valence-corrected chi connectivity index (χ4v) is 5.57. The van der Waals surface area contributed by atoms with E-state index in [2.05, 4.69) is 26.6 Å². The molecule has 0 spiro atoms. The van der Waals surface area contributed by atoms with Crippen molar-refractivity contribution in [1.29, 1.82) is 0 Å². The van der Waals surface area contributed by atoms with E-state index in [-0.39, 0.29) is 22.5 Å². The highest BCUT2D eigenvalue weighted by Crippen LogP contribution is 2.32. The molecule has 0 aliphatic carbocycles. The van der Waals surface area contributed by atoms with Gasteiger partial charge in [-0.2, -0.15) is 0 Å². The predicted molar refractivity (Wildman–Crippen MR) is 122 cm³/mol. The van der Waals surface area contributed by atoms with Gasteiger partial charge in [-0.05, 0) is 54.4 Å².